The van der Waals surface area contributed by atoms with Crippen LogP contribution >= 0.6 is 0 Å². The van der Waals surface area contributed by atoms with Gasteiger partial charge in [-0.1, -0.05) is 32.0 Å². The Morgan fingerprint density at radius 3 is 2.39 bits per heavy atom. The first-order valence-electron chi connectivity index (χ1n) is 7.76. The third-order valence-electron chi connectivity index (χ3n) is 4.39. The summed E-state index contributed by atoms with van der Waals surface area (Å²) >= 11 is 0. The number of methoxy groups -OCH3 is 1. The molecule has 0 aromatic heterocycles. The standard InChI is InChI=1S/C20H22N2O/c1-20(2)17-7-5-6-8-18(17)21-19(20)13-14-22(3)15-9-11-16(23-4)12-10-15/h5-14H,1-4H3/b14-13+. The molecule has 0 atom stereocenters. The van der Waals surface area contributed by atoms with Crippen LogP contribution in [0.15, 0.2) is 65.8 Å². The van der Waals surface area contributed by atoms with Crippen LogP contribution in [0.25, 0.3) is 0 Å². The van der Waals surface area contributed by atoms with Crippen LogP contribution in [-0.2, 0) is 5.41 Å². The molecule has 0 amide bonds. The first-order chi connectivity index (χ1) is 11.0. The number of anilines is 1. The fourth-order valence-corrected chi connectivity index (χ4v) is 2.84. The minimum Gasteiger partial charge on any atom is -0.497 e. The highest BCUT2D eigenvalue weighted by atomic mass is 16.5. The molecule has 0 radical (unpaired) electrons. The Morgan fingerprint density at radius 1 is 1.04 bits per heavy atom. The van der Waals surface area contributed by atoms with E-state index in [0.29, 0.717) is 0 Å². The molecule has 1 heterocycles. The van der Waals surface area contributed by atoms with Crippen LogP contribution in [0.5, 0.6) is 5.75 Å². The second kappa shape index (κ2) is 5.92. The average molecular weight is 306 g/mol. The van der Waals surface area contributed by atoms with Crippen molar-refractivity contribution in [2.24, 2.45) is 4.99 Å². The van der Waals surface area contributed by atoms with E-state index in [1.165, 1.54) is 5.56 Å². The molecule has 0 saturated heterocycles. The van der Waals surface area contributed by atoms with Crippen LogP contribution in [0.3, 0.4) is 0 Å². The fraction of sp³-hybridized carbons (Fsp3) is 0.250. The molecule has 0 fully saturated rings. The summed E-state index contributed by atoms with van der Waals surface area (Å²) in [6.45, 7) is 4.44. The molecule has 23 heavy (non-hydrogen) atoms. The van der Waals surface area contributed by atoms with Gasteiger partial charge in [0, 0.05) is 24.4 Å². The molecule has 2 aromatic carbocycles. The lowest BCUT2D eigenvalue weighted by molar-refractivity contribution is 0.415. The monoisotopic (exact) mass is 306 g/mol. The average Bonchev–Trinajstić information content (AvgIpc) is 2.83. The smallest absolute Gasteiger partial charge is 0.119 e. The van der Waals surface area contributed by atoms with E-state index in [9.17, 15) is 0 Å². The van der Waals surface area contributed by atoms with E-state index in [-0.39, 0.29) is 5.41 Å². The minimum atomic E-state index is -0.0617. The van der Waals surface area contributed by atoms with E-state index >= 15 is 0 Å². The van der Waals surface area contributed by atoms with Gasteiger partial charge in [-0.05, 0) is 42.0 Å². The zero-order valence-electron chi connectivity index (χ0n) is 14.1. The Labute approximate surface area is 137 Å². The maximum atomic E-state index is 5.20. The summed E-state index contributed by atoms with van der Waals surface area (Å²) in [7, 11) is 3.71. The summed E-state index contributed by atoms with van der Waals surface area (Å²) in [6.07, 6.45) is 4.17. The van der Waals surface area contributed by atoms with E-state index < -0.39 is 0 Å². The molecule has 0 saturated carbocycles. The highest BCUT2D eigenvalue weighted by Crippen LogP contribution is 2.40. The molecule has 2 aromatic rings. The summed E-state index contributed by atoms with van der Waals surface area (Å²) in [6, 6.07) is 16.4. The zero-order valence-corrected chi connectivity index (χ0v) is 14.1. The highest BCUT2D eigenvalue weighted by molar-refractivity contribution is 6.08. The van der Waals surface area contributed by atoms with Gasteiger partial charge in [0.15, 0.2) is 0 Å². The predicted molar refractivity (Wildman–Crippen MR) is 97.1 cm³/mol. The number of rotatable bonds is 4. The molecule has 0 N–H and O–H groups in total. The lowest BCUT2D eigenvalue weighted by Gasteiger charge is -2.21. The lowest BCUT2D eigenvalue weighted by Crippen LogP contribution is -2.24. The van der Waals surface area contributed by atoms with Crippen molar-refractivity contribution in [3.8, 4) is 5.75 Å². The third kappa shape index (κ3) is 2.87. The molecule has 0 bridgehead atoms. The molecular weight excluding hydrogens is 284 g/mol. The van der Waals surface area contributed by atoms with Crippen molar-refractivity contribution in [2.45, 2.75) is 19.3 Å². The van der Waals surface area contributed by atoms with Crippen molar-refractivity contribution in [3.05, 3.63) is 66.4 Å². The van der Waals surface area contributed by atoms with Crippen LogP contribution in [0, 0.1) is 0 Å². The summed E-state index contributed by atoms with van der Waals surface area (Å²) in [5.41, 5.74) is 4.49. The number of aliphatic imine (C=N–C) groups is 1. The Kier molecular flexibility index (Phi) is 3.95. The van der Waals surface area contributed by atoms with Crippen molar-refractivity contribution < 1.29 is 4.74 Å². The van der Waals surface area contributed by atoms with Crippen LogP contribution in [0.1, 0.15) is 19.4 Å². The second-order valence-corrected chi connectivity index (χ2v) is 6.26. The number of allylic oxidation sites excluding steroid dienone is 1. The summed E-state index contributed by atoms with van der Waals surface area (Å²) in [5, 5.41) is 0. The Hall–Kier alpha value is -2.55. The third-order valence-corrected chi connectivity index (χ3v) is 4.39. The van der Waals surface area contributed by atoms with Crippen molar-refractivity contribution in [2.75, 3.05) is 19.1 Å². The molecule has 3 rings (SSSR count). The molecule has 118 valence electrons. The topological polar surface area (TPSA) is 24.8 Å². The zero-order chi connectivity index (χ0) is 16.4. The number of benzene rings is 2. The first-order valence-corrected chi connectivity index (χ1v) is 7.76. The molecular formula is C20H22N2O. The number of nitrogens with zero attached hydrogens (tertiary/aromatic N) is 2. The van der Waals surface area contributed by atoms with Crippen LogP contribution in [0.4, 0.5) is 11.4 Å². The summed E-state index contributed by atoms with van der Waals surface area (Å²) in [5.74, 6) is 0.864. The quantitative estimate of drug-likeness (QED) is 0.817. The van der Waals surface area contributed by atoms with Crippen LogP contribution in [-0.4, -0.2) is 19.9 Å². The van der Waals surface area contributed by atoms with Crippen molar-refractivity contribution in [3.63, 3.8) is 0 Å². The molecule has 3 heteroatoms. The normalized spacial score (nSPS) is 15.4. The van der Waals surface area contributed by atoms with E-state index in [0.717, 1.165) is 22.8 Å². The van der Waals surface area contributed by atoms with Crippen molar-refractivity contribution >= 4 is 17.1 Å². The van der Waals surface area contributed by atoms with Crippen molar-refractivity contribution in [1.29, 1.82) is 0 Å². The largest absolute Gasteiger partial charge is 0.497 e. The van der Waals surface area contributed by atoms with E-state index in [1.807, 2.05) is 37.4 Å². The Bertz CT molecular complexity index is 757. The lowest BCUT2D eigenvalue weighted by atomic mass is 9.81. The van der Waals surface area contributed by atoms with Crippen LogP contribution < -0.4 is 9.64 Å². The first kappa shape index (κ1) is 15.3. The van der Waals surface area contributed by atoms with Gasteiger partial charge in [0.1, 0.15) is 5.75 Å². The van der Waals surface area contributed by atoms with Gasteiger partial charge >= 0.3 is 0 Å². The maximum Gasteiger partial charge on any atom is 0.119 e. The van der Waals surface area contributed by atoms with Crippen LogP contribution in [0.2, 0.25) is 0 Å². The van der Waals surface area contributed by atoms with E-state index in [4.69, 9.17) is 9.73 Å². The van der Waals surface area contributed by atoms with Crippen molar-refractivity contribution in [1.82, 2.24) is 0 Å². The summed E-state index contributed by atoms with van der Waals surface area (Å²) < 4.78 is 5.20. The SMILES string of the molecule is COc1ccc(N(C)/C=C/C2=Nc3ccccc3C2(C)C)cc1. The molecule has 0 spiro atoms. The van der Waals surface area contributed by atoms with Gasteiger partial charge in [0.25, 0.3) is 0 Å². The predicted octanol–water partition coefficient (Wildman–Crippen LogP) is 4.71. The highest BCUT2D eigenvalue weighted by Gasteiger charge is 2.32. The molecule has 3 nitrogen and oxygen atoms in total. The Balaban J connectivity index is 1.80. The minimum absolute atomic E-state index is 0.0617. The number of para-hydroxylation sites is 1. The van der Waals surface area contributed by atoms with E-state index in [1.54, 1.807) is 7.11 Å². The number of fused-ring (bicyclic) bond motifs is 1. The maximum absolute atomic E-state index is 5.20. The fourth-order valence-electron chi connectivity index (χ4n) is 2.84. The van der Waals surface area contributed by atoms with Gasteiger partial charge in [-0.25, -0.2) is 0 Å². The number of hydrogen-bond donors (Lipinski definition) is 0. The summed E-state index contributed by atoms with van der Waals surface area (Å²) in [4.78, 5) is 6.86. The second-order valence-electron chi connectivity index (χ2n) is 6.26. The van der Waals surface area contributed by atoms with E-state index in [2.05, 4.69) is 49.2 Å². The molecule has 0 aliphatic carbocycles. The molecule has 0 unspecified atom stereocenters. The van der Waals surface area contributed by atoms with Gasteiger partial charge < -0.3 is 9.64 Å². The van der Waals surface area contributed by atoms with Gasteiger partial charge in [-0.15, -0.1) is 0 Å². The number of hydrogen-bond acceptors (Lipinski definition) is 3. The van der Waals surface area contributed by atoms with Gasteiger partial charge in [0.05, 0.1) is 18.5 Å². The number of ether oxygens (including phenoxy) is 1. The van der Waals surface area contributed by atoms with Gasteiger partial charge in [-0.2, -0.15) is 0 Å². The molecule has 1 aliphatic rings. The van der Waals surface area contributed by atoms with Gasteiger partial charge in [0.2, 0.25) is 0 Å². The Morgan fingerprint density at radius 2 is 1.74 bits per heavy atom. The van der Waals surface area contributed by atoms with Gasteiger partial charge in [-0.3, -0.25) is 4.99 Å². The molecule has 1 aliphatic heterocycles.